The minimum Gasteiger partial charge on any atom is -0.439 e. The zero-order valence-corrected chi connectivity index (χ0v) is 10.9. The van der Waals surface area contributed by atoms with Gasteiger partial charge in [-0.05, 0) is 41.8 Å². The van der Waals surface area contributed by atoms with E-state index < -0.39 is 0 Å². The van der Waals surface area contributed by atoms with Crippen LogP contribution in [0.1, 0.15) is 18.1 Å². The highest BCUT2D eigenvalue weighted by Gasteiger charge is 2.03. The van der Waals surface area contributed by atoms with Crippen molar-refractivity contribution in [1.29, 1.82) is 0 Å². The van der Waals surface area contributed by atoms with E-state index in [4.69, 9.17) is 22.1 Å². The number of nitrogens with two attached hydrogens (primary N) is 1. The molecule has 0 bridgehead atoms. The van der Waals surface area contributed by atoms with Gasteiger partial charge in [0.05, 0.1) is 0 Å². The van der Waals surface area contributed by atoms with Gasteiger partial charge in [0.15, 0.2) is 0 Å². The predicted molar refractivity (Wildman–Crippen MR) is 73.0 cm³/mol. The van der Waals surface area contributed by atoms with Crippen LogP contribution in [0, 0.1) is 0 Å². The SMILES string of the molecule is CCc1cc(Oc2cc(CN)ccn2)ccc1Cl. The summed E-state index contributed by atoms with van der Waals surface area (Å²) in [5.41, 5.74) is 7.63. The molecule has 4 heteroatoms. The average molecular weight is 263 g/mol. The minimum atomic E-state index is 0.472. The smallest absolute Gasteiger partial charge is 0.219 e. The largest absolute Gasteiger partial charge is 0.439 e. The number of rotatable bonds is 4. The number of ether oxygens (including phenoxy) is 1. The van der Waals surface area contributed by atoms with Crippen LogP contribution in [0.2, 0.25) is 5.02 Å². The fraction of sp³-hybridized carbons (Fsp3) is 0.214. The molecule has 2 rings (SSSR count). The summed E-state index contributed by atoms with van der Waals surface area (Å²) in [4.78, 5) is 4.15. The number of aromatic nitrogens is 1. The van der Waals surface area contributed by atoms with Gasteiger partial charge in [0.25, 0.3) is 0 Å². The number of hydrogen-bond donors (Lipinski definition) is 1. The Hall–Kier alpha value is -1.58. The molecule has 0 saturated heterocycles. The number of hydrogen-bond acceptors (Lipinski definition) is 3. The standard InChI is InChI=1S/C14H15ClN2O/c1-2-11-8-12(3-4-13(11)15)18-14-7-10(9-16)5-6-17-14/h3-8H,2,9,16H2,1H3. The van der Waals surface area contributed by atoms with E-state index in [1.54, 1.807) is 6.20 Å². The summed E-state index contributed by atoms with van der Waals surface area (Å²) in [6.45, 7) is 2.53. The molecule has 0 aliphatic carbocycles. The molecule has 0 atom stereocenters. The van der Waals surface area contributed by atoms with Crippen molar-refractivity contribution < 1.29 is 4.74 Å². The third-order valence-corrected chi connectivity index (χ3v) is 3.02. The molecular weight excluding hydrogens is 248 g/mol. The Morgan fingerprint density at radius 3 is 2.83 bits per heavy atom. The Labute approximate surface area is 112 Å². The van der Waals surface area contributed by atoms with Crippen molar-refractivity contribution >= 4 is 11.6 Å². The Morgan fingerprint density at radius 1 is 1.28 bits per heavy atom. The first kappa shape index (κ1) is 12.9. The third-order valence-electron chi connectivity index (χ3n) is 2.66. The van der Waals surface area contributed by atoms with E-state index in [2.05, 4.69) is 11.9 Å². The van der Waals surface area contributed by atoms with E-state index in [9.17, 15) is 0 Å². The summed E-state index contributed by atoms with van der Waals surface area (Å²) in [6.07, 6.45) is 2.56. The van der Waals surface area contributed by atoms with Crippen LogP contribution in [0.3, 0.4) is 0 Å². The second kappa shape index (κ2) is 5.85. The summed E-state index contributed by atoms with van der Waals surface area (Å²) in [7, 11) is 0. The maximum Gasteiger partial charge on any atom is 0.219 e. The van der Waals surface area contributed by atoms with Crippen LogP contribution >= 0.6 is 11.6 Å². The third kappa shape index (κ3) is 3.00. The molecule has 0 aliphatic heterocycles. The molecule has 1 aromatic heterocycles. The Morgan fingerprint density at radius 2 is 2.11 bits per heavy atom. The van der Waals surface area contributed by atoms with Gasteiger partial charge in [-0.3, -0.25) is 0 Å². The van der Waals surface area contributed by atoms with Gasteiger partial charge in [0.1, 0.15) is 5.75 Å². The van der Waals surface area contributed by atoms with Crippen LogP contribution in [0.5, 0.6) is 11.6 Å². The van der Waals surface area contributed by atoms with Gasteiger partial charge < -0.3 is 10.5 Å². The topological polar surface area (TPSA) is 48.1 Å². The van der Waals surface area contributed by atoms with Crippen molar-refractivity contribution in [2.75, 3.05) is 0 Å². The lowest BCUT2D eigenvalue weighted by molar-refractivity contribution is 0.461. The van der Waals surface area contributed by atoms with Crippen LogP contribution in [-0.4, -0.2) is 4.98 Å². The lowest BCUT2D eigenvalue weighted by atomic mass is 10.1. The highest BCUT2D eigenvalue weighted by Crippen LogP contribution is 2.26. The van der Waals surface area contributed by atoms with Crippen LogP contribution < -0.4 is 10.5 Å². The van der Waals surface area contributed by atoms with E-state index in [0.29, 0.717) is 12.4 Å². The summed E-state index contributed by atoms with van der Waals surface area (Å²) in [5, 5.41) is 0.758. The highest BCUT2D eigenvalue weighted by molar-refractivity contribution is 6.31. The van der Waals surface area contributed by atoms with Crippen LogP contribution in [0.15, 0.2) is 36.5 Å². The van der Waals surface area contributed by atoms with Gasteiger partial charge in [-0.2, -0.15) is 0 Å². The van der Waals surface area contributed by atoms with Crippen molar-refractivity contribution in [3.8, 4) is 11.6 Å². The Balaban J connectivity index is 2.22. The predicted octanol–water partition coefficient (Wildman–Crippen LogP) is 3.55. The van der Waals surface area contributed by atoms with Gasteiger partial charge in [-0.25, -0.2) is 4.98 Å². The molecule has 0 radical (unpaired) electrons. The van der Waals surface area contributed by atoms with Crippen molar-refractivity contribution in [2.24, 2.45) is 5.73 Å². The molecule has 18 heavy (non-hydrogen) atoms. The molecule has 0 unspecified atom stereocenters. The van der Waals surface area contributed by atoms with Crippen LogP contribution in [0.25, 0.3) is 0 Å². The summed E-state index contributed by atoms with van der Waals surface area (Å²) >= 11 is 6.06. The second-order valence-electron chi connectivity index (χ2n) is 3.92. The zero-order valence-electron chi connectivity index (χ0n) is 10.2. The fourth-order valence-electron chi connectivity index (χ4n) is 1.64. The van der Waals surface area contributed by atoms with Gasteiger partial charge in [0.2, 0.25) is 5.88 Å². The lowest BCUT2D eigenvalue weighted by Crippen LogP contribution is -1.97. The second-order valence-corrected chi connectivity index (χ2v) is 4.32. The first-order chi connectivity index (χ1) is 8.72. The maximum absolute atomic E-state index is 6.06. The quantitative estimate of drug-likeness (QED) is 0.917. The zero-order chi connectivity index (χ0) is 13.0. The Bertz CT molecular complexity index is 543. The number of pyridine rings is 1. The van der Waals surface area contributed by atoms with Gasteiger partial charge in [-0.15, -0.1) is 0 Å². The molecule has 3 nitrogen and oxygen atoms in total. The summed E-state index contributed by atoms with van der Waals surface area (Å²) in [6, 6.07) is 9.30. The lowest BCUT2D eigenvalue weighted by Gasteiger charge is -2.08. The minimum absolute atomic E-state index is 0.472. The van der Waals surface area contributed by atoms with Gasteiger partial charge >= 0.3 is 0 Å². The maximum atomic E-state index is 6.06. The molecule has 1 aromatic carbocycles. The average Bonchev–Trinajstić information content (AvgIpc) is 2.41. The molecular formula is C14H15ClN2O. The van der Waals surface area contributed by atoms with E-state index in [1.165, 1.54) is 0 Å². The van der Waals surface area contributed by atoms with E-state index in [-0.39, 0.29) is 0 Å². The normalized spacial score (nSPS) is 10.4. The monoisotopic (exact) mass is 262 g/mol. The van der Waals surface area contributed by atoms with E-state index >= 15 is 0 Å². The van der Waals surface area contributed by atoms with Crippen molar-refractivity contribution in [3.63, 3.8) is 0 Å². The Kier molecular flexibility index (Phi) is 4.18. The van der Waals surface area contributed by atoms with Crippen molar-refractivity contribution in [3.05, 3.63) is 52.7 Å². The summed E-state index contributed by atoms with van der Waals surface area (Å²) in [5.74, 6) is 1.28. The molecule has 94 valence electrons. The molecule has 0 saturated carbocycles. The van der Waals surface area contributed by atoms with Crippen LogP contribution in [-0.2, 0) is 13.0 Å². The van der Waals surface area contributed by atoms with Crippen LogP contribution in [0.4, 0.5) is 0 Å². The van der Waals surface area contributed by atoms with E-state index in [1.807, 2.05) is 30.3 Å². The van der Waals surface area contributed by atoms with Crippen molar-refractivity contribution in [2.45, 2.75) is 19.9 Å². The number of halogens is 1. The number of aryl methyl sites for hydroxylation is 1. The van der Waals surface area contributed by atoms with Crippen molar-refractivity contribution in [1.82, 2.24) is 4.98 Å². The number of nitrogens with zero attached hydrogens (tertiary/aromatic N) is 1. The van der Waals surface area contributed by atoms with E-state index in [0.717, 1.165) is 28.3 Å². The molecule has 1 heterocycles. The first-order valence-corrected chi connectivity index (χ1v) is 6.22. The van der Waals surface area contributed by atoms with Gasteiger partial charge in [0, 0.05) is 23.8 Å². The number of benzene rings is 1. The molecule has 0 aliphatic rings. The molecule has 0 spiro atoms. The molecule has 2 N–H and O–H groups in total. The molecule has 0 fully saturated rings. The fourth-order valence-corrected chi connectivity index (χ4v) is 1.89. The molecule has 0 amide bonds. The molecule has 2 aromatic rings. The summed E-state index contributed by atoms with van der Waals surface area (Å²) < 4.78 is 5.69. The first-order valence-electron chi connectivity index (χ1n) is 5.84. The highest BCUT2D eigenvalue weighted by atomic mass is 35.5. The van der Waals surface area contributed by atoms with Gasteiger partial charge in [-0.1, -0.05) is 18.5 Å².